The highest BCUT2D eigenvalue weighted by atomic mass is 16.5. The number of carbonyl (C=O) groups is 2. The summed E-state index contributed by atoms with van der Waals surface area (Å²) in [7, 11) is 1.57. The number of rotatable bonds is 5. The SMILES string of the molecule is COc1cccc([C@@H]2NC(=O)NC(C)=C2C(=O)OCc2ccccc2)c1. The second-order valence-electron chi connectivity index (χ2n) is 5.91. The van der Waals surface area contributed by atoms with Gasteiger partial charge in [-0.2, -0.15) is 0 Å². The highest BCUT2D eigenvalue weighted by Gasteiger charge is 2.32. The average molecular weight is 352 g/mol. The molecule has 0 aliphatic carbocycles. The lowest BCUT2D eigenvalue weighted by molar-refractivity contribution is -0.140. The van der Waals surface area contributed by atoms with E-state index in [1.54, 1.807) is 26.2 Å². The Kier molecular flexibility index (Phi) is 5.22. The van der Waals surface area contributed by atoms with Gasteiger partial charge in [-0.3, -0.25) is 0 Å². The van der Waals surface area contributed by atoms with Crippen molar-refractivity contribution in [2.45, 2.75) is 19.6 Å². The summed E-state index contributed by atoms with van der Waals surface area (Å²) in [6.07, 6.45) is 0. The van der Waals surface area contributed by atoms with E-state index in [4.69, 9.17) is 9.47 Å². The lowest BCUT2D eigenvalue weighted by Crippen LogP contribution is -2.45. The Morgan fingerprint density at radius 1 is 1.12 bits per heavy atom. The molecule has 134 valence electrons. The summed E-state index contributed by atoms with van der Waals surface area (Å²) >= 11 is 0. The number of urea groups is 1. The van der Waals surface area contributed by atoms with Crippen molar-refractivity contribution < 1.29 is 19.1 Å². The molecular formula is C20H20N2O4. The van der Waals surface area contributed by atoms with Crippen LogP contribution in [0.4, 0.5) is 4.79 Å². The van der Waals surface area contributed by atoms with Gasteiger partial charge in [0.25, 0.3) is 0 Å². The Morgan fingerprint density at radius 2 is 1.88 bits per heavy atom. The van der Waals surface area contributed by atoms with Crippen LogP contribution in [0, 0.1) is 0 Å². The number of carbonyl (C=O) groups excluding carboxylic acids is 2. The number of benzene rings is 2. The molecule has 1 heterocycles. The lowest BCUT2D eigenvalue weighted by atomic mass is 9.95. The monoisotopic (exact) mass is 352 g/mol. The number of ether oxygens (including phenoxy) is 2. The highest BCUT2D eigenvalue weighted by Crippen LogP contribution is 2.29. The Balaban J connectivity index is 1.86. The summed E-state index contributed by atoms with van der Waals surface area (Å²) in [5.74, 6) is 0.164. The zero-order valence-electron chi connectivity index (χ0n) is 14.6. The van der Waals surface area contributed by atoms with Crippen LogP contribution in [-0.4, -0.2) is 19.1 Å². The molecule has 1 aliphatic rings. The van der Waals surface area contributed by atoms with E-state index in [1.807, 2.05) is 42.5 Å². The van der Waals surface area contributed by atoms with Crippen LogP contribution in [-0.2, 0) is 16.1 Å². The molecule has 1 atom stereocenters. The number of hydrogen-bond donors (Lipinski definition) is 2. The van der Waals surface area contributed by atoms with Crippen molar-refractivity contribution in [2.24, 2.45) is 0 Å². The van der Waals surface area contributed by atoms with E-state index in [2.05, 4.69) is 10.6 Å². The first kappa shape index (κ1) is 17.5. The Morgan fingerprint density at radius 3 is 2.62 bits per heavy atom. The summed E-state index contributed by atoms with van der Waals surface area (Å²) in [6, 6.07) is 15.7. The van der Waals surface area contributed by atoms with Gasteiger partial charge in [-0.1, -0.05) is 42.5 Å². The molecule has 0 saturated carbocycles. The Labute approximate surface area is 151 Å². The van der Waals surface area contributed by atoms with Gasteiger partial charge in [0.2, 0.25) is 0 Å². The maximum absolute atomic E-state index is 12.7. The van der Waals surface area contributed by atoms with Gasteiger partial charge in [-0.15, -0.1) is 0 Å². The summed E-state index contributed by atoms with van der Waals surface area (Å²) in [5, 5.41) is 5.41. The van der Waals surface area contributed by atoms with Crippen LogP contribution in [0.5, 0.6) is 5.75 Å². The average Bonchev–Trinajstić information content (AvgIpc) is 2.66. The quantitative estimate of drug-likeness (QED) is 0.811. The number of esters is 1. The third-order valence-electron chi connectivity index (χ3n) is 4.13. The van der Waals surface area contributed by atoms with Crippen molar-refractivity contribution in [2.75, 3.05) is 7.11 Å². The molecule has 2 amide bonds. The molecule has 2 aromatic rings. The minimum atomic E-state index is -0.609. The largest absolute Gasteiger partial charge is 0.497 e. The molecule has 0 spiro atoms. The number of allylic oxidation sites excluding steroid dienone is 1. The van der Waals surface area contributed by atoms with E-state index in [0.29, 0.717) is 17.0 Å². The highest BCUT2D eigenvalue weighted by molar-refractivity contribution is 5.95. The molecule has 0 saturated heterocycles. The molecule has 2 N–H and O–H groups in total. The number of amides is 2. The maximum atomic E-state index is 12.7. The molecule has 1 aliphatic heterocycles. The van der Waals surface area contributed by atoms with E-state index >= 15 is 0 Å². The third-order valence-corrected chi connectivity index (χ3v) is 4.13. The van der Waals surface area contributed by atoms with Crippen molar-refractivity contribution in [3.8, 4) is 5.75 Å². The normalized spacial score (nSPS) is 16.5. The van der Waals surface area contributed by atoms with Crippen molar-refractivity contribution in [3.63, 3.8) is 0 Å². The summed E-state index contributed by atoms with van der Waals surface area (Å²) in [4.78, 5) is 24.6. The van der Waals surface area contributed by atoms with Gasteiger partial charge in [-0.25, -0.2) is 9.59 Å². The summed E-state index contributed by atoms with van der Waals surface area (Å²) < 4.78 is 10.7. The summed E-state index contributed by atoms with van der Waals surface area (Å²) in [5.41, 5.74) is 2.48. The standard InChI is InChI=1S/C20H20N2O4/c1-13-17(19(23)26-12-14-7-4-3-5-8-14)18(22-20(24)21-13)15-9-6-10-16(11-15)25-2/h3-11,18H,12H2,1-2H3,(H2,21,22,24)/t18-/m0/s1. The van der Waals surface area contributed by atoms with Gasteiger partial charge < -0.3 is 20.1 Å². The third kappa shape index (κ3) is 3.85. The molecule has 0 aromatic heterocycles. The molecule has 6 nitrogen and oxygen atoms in total. The summed E-state index contributed by atoms with van der Waals surface area (Å²) in [6.45, 7) is 1.85. The lowest BCUT2D eigenvalue weighted by Gasteiger charge is -2.28. The first-order chi connectivity index (χ1) is 12.6. The van der Waals surface area contributed by atoms with E-state index < -0.39 is 12.0 Å². The molecule has 2 aromatic carbocycles. The molecule has 0 unspecified atom stereocenters. The van der Waals surface area contributed by atoms with Gasteiger partial charge in [0.05, 0.1) is 18.7 Å². The van der Waals surface area contributed by atoms with Crippen LogP contribution in [0.2, 0.25) is 0 Å². The Hall–Kier alpha value is -3.28. The van der Waals surface area contributed by atoms with Crippen molar-refractivity contribution in [1.82, 2.24) is 10.6 Å². The van der Waals surface area contributed by atoms with Gasteiger partial charge in [0, 0.05) is 5.70 Å². The fourth-order valence-electron chi connectivity index (χ4n) is 2.84. The van der Waals surface area contributed by atoms with E-state index in [-0.39, 0.29) is 12.6 Å². The fraction of sp³-hybridized carbons (Fsp3) is 0.200. The van der Waals surface area contributed by atoms with Gasteiger partial charge in [-0.05, 0) is 30.2 Å². The van der Waals surface area contributed by atoms with Crippen molar-refractivity contribution >= 4 is 12.0 Å². The van der Waals surface area contributed by atoms with Crippen LogP contribution in [0.15, 0.2) is 65.9 Å². The minimum Gasteiger partial charge on any atom is -0.497 e. The molecule has 0 radical (unpaired) electrons. The smallest absolute Gasteiger partial charge is 0.338 e. The van der Waals surface area contributed by atoms with Gasteiger partial charge in [0.15, 0.2) is 0 Å². The van der Waals surface area contributed by atoms with Crippen molar-refractivity contribution in [3.05, 3.63) is 77.0 Å². The number of methoxy groups -OCH3 is 1. The molecule has 0 fully saturated rings. The number of nitrogens with one attached hydrogen (secondary N) is 2. The van der Waals surface area contributed by atoms with Crippen LogP contribution >= 0.6 is 0 Å². The first-order valence-electron chi connectivity index (χ1n) is 8.22. The van der Waals surface area contributed by atoms with Gasteiger partial charge in [0.1, 0.15) is 12.4 Å². The zero-order valence-corrected chi connectivity index (χ0v) is 14.6. The number of hydrogen-bond acceptors (Lipinski definition) is 4. The van der Waals surface area contributed by atoms with Crippen LogP contribution in [0.25, 0.3) is 0 Å². The molecule has 26 heavy (non-hydrogen) atoms. The van der Waals surface area contributed by atoms with Crippen LogP contribution < -0.4 is 15.4 Å². The second kappa shape index (κ2) is 7.74. The minimum absolute atomic E-state index is 0.162. The molecule has 6 heteroatoms. The predicted molar refractivity (Wildman–Crippen MR) is 96.3 cm³/mol. The van der Waals surface area contributed by atoms with Gasteiger partial charge >= 0.3 is 12.0 Å². The van der Waals surface area contributed by atoms with E-state index in [0.717, 1.165) is 11.1 Å². The van der Waals surface area contributed by atoms with E-state index in [1.165, 1.54) is 0 Å². The second-order valence-corrected chi connectivity index (χ2v) is 5.91. The Bertz CT molecular complexity index is 846. The van der Waals surface area contributed by atoms with E-state index in [9.17, 15) is 9.59 Å². The van der Waals surface area contributed by atoms with Crippen LogP contribution in [0.3, 0.4) is 0 Å². The molecular weight excluding hydrogens is 332 g/mol. The topological polar surface area (TPSA) is 76.7 Å². The van der Waals surface area contributed by atoms with Crippen LogP contribution in [0.1, 0.15) is 24.1 Å². The first-order valence-corrected chi connectivity index (χ1v) is 8.22. The van der Waals surface area contributed by atoms with Crippen molar-refractivity contribution in [1.29, 1.82) is 0 Å². The zero-order chi connectivity index (χ0) is 18.5. The maximum Gasteiger partial charge on any atom is 0.338 e. The predicted octanol–water partition coefficient (Wildman–Crippen LogP) is 3.07. The fourth-order valence-corrected chi connectivity index (χ4v) is 2.84. The molecule has 3 rings (SSSR count). The molecule has 0 bridgehead atoms.